The minimum atomic E-state index is -0.398. The average molecular weight is 430 g/mol. The van der Waals surface area contributed by atoms with E-state index < -0.39 is 5.82 Å². The van der Waals surface area contributed by atoms with E-state index in [0.717, 1.165) is 16.7 Å². The van der Waals surface area contributed by atoms with Gasteiger partial charge in [-0.05, 0) is 53.9 Å². The summed E-state index contributed by atoms with van der Waals surface area (Å²) >= 11 is 0. The van der Waals surface area contributed by atoms with Crippen molar-refractivity contribution >= 4 is 22.7 Å². The fourth-order valence-corrected chi connectivity index (χ4v) is 3.72. The Bertz CT molecular complexity index is 1340. The zero-order valence-electron chi connectivity index (χ0n) is 18.4. The Kier molecular flexibility index (Phi) is 5.57. The molecule has 2 heterocycles. The number of hydrogen-bond acceptors (Lipinski definition) is 4. The van der Waals surface area contributed by atoms with Gasteiger partial charge in [-0.3, -0.25) is 9.59 Å². The van der Waals surface area contributed by atoms with Gasteiger partial charge >= 0.3 is 0 Å². The van der Waals surface area contributed by atoms with Crippen LogP contribution in [0, 0.1) is 5.82 Å². The summed E-state index contributed by atoms with van der Waals surface area (Å²) in [4.78, 5) is 29.6. The van der Waals surface area contributed by atoms with Crippen molar-refractivity contribution in [2.45, 2.75) is 13.3 Å². The van der Waals surface area contributed by atoms with Crippen molar-refractivity contribution in [2.24, 2.45) is 7.05 Å². The molecule has 2 aromatic heterocycles. The summed E-state index contributed by atoms with van der Waals surface area (Å²) in [6.45, 7) is 1.52. The molecule has 0 aliphatic rings. The Morgan fingerprint density at radius 2 is 1.72 bits per heavy atom. The first-order valence-corrected chi connectivity index (χ1v) is 10.2. The Morgan fingerprint density at radius 1 is 1.03 bits per heavy atom. The average Bonchev–Trinajstić information content (AvgIpc) is 3.09. The lowest BCUT2D eigenvalue weighted by atomic mass is 9.99. The number of carbonyl (C=O) groups excluding carboxylic acids is 2. The summed E-state index contributed by atoms with van der Waals surface area (Å²) < 4.78 is 16.5. The molecule has 0 saturated heterocycles. The Morgan fingerprint density at radius 3 is 2.38 bits per heavy atom. The lowest BCUT2D eigenvalue weighted by molar-refractivity contribution is -0.116. The van der Waals surface area contributed by atoms with Gasteiger partial charge in [0.2, 0.25) is 0 Å². The Labute approximate surface area is 185 Å². The number of halogens is 1. The van der Waals surface area contributed by atoms with Crippen molar-refractivity contribution in [1.82, 2.24) is 19.7 Å². The molecule has 0 aliphatic heterocycles. The normalized spacial score (nSPS) is 11.0. The van der Waals surface area contributed by atoms with Crippen LogP contribution in [0.4, 0.5) is 4.39 Å². The van der Waals surface area contributed by atoms with Crippen molar-refractivity contribution in [3.8, 4) is 22.4 Å². The molecule has 0 radical (unpaired) electrons. The number of carbonyl (C=O) groups is 2. The predicted molar refractivity (Wildman–Crippen MR) is 122 cm³/mol. The Hall–Kier alpha value is -3.87. The molecule has 0 N–H and O–H groups in total. The van der Waals surface area contributed by atoms with E-state index in [9.17, 15) is 14.0 Å². The van der Waals surface area contributed by atoms with Gasteiger partial charge in [0.25, 0.3) is 5.91 Å². The minimum Gasteiger partial charge on any atom is -0.345 e. The van der Waals surface area contributed by atoms with E-state index >= 15 is 0 Å². The molecule has 4 rings (SSSR count). The largest absolute Gasteiger partial charge is 0.345 e. The van der Waals surface area contributed by atoms with E-state index in [1.807, 2.05) is 18.2 Å². The zero-order chi connectivity index (χ0) is 23.0. The molecule has 0 aliphatic carbocycles. The van der Waals surface area contributed by atoms with Crippen molar-refractivity contribution in [2.75, 3.05) is 14.1 Å². The smallest absolute Gasteiger partial charge is 0.253 e. The second-order valence-corrected chi connectivity index (χ2v) is 8.04. The third-order valence-corrected chi connectivity index (χ3v) is 5.28. The highest BCUT2D eigenvalue weighted by Crippen LogP contribution is 2.33. The number of fused-ring (bicyclic) bond motifs is 1. The predicted octanol–water partition coefficient (Wildman–Crippen LogP) is 4.27. The van der Waals surface area contributed by atoms with E-state index in [4.69, 9.17) is 0 Å². The van der Waals surface area contributed by atoms with Crippen LogP contribution in [0.5, 0.6) is 0 Å². The molecule has 0 atom stereocenters. The summed E-state index contributed by atoms with van der Waals surface area (Å²) in [5, 5.41) is 5.20. The van der Waals surface area contributed by atoms with Crippen LogP contribution >= 0.6 is 0 Å². The molecule has 6 nitrogen and oxygen atoms in total. The van der Waals surface area contributed by atoms with Crippen LogP contribution in [0.15, 0.2) is 54.7 Å². The van der Waals surface area contributed by atoms with Crippen LogP contribution in [-0.2, 0) is 18.3 Å². The van der Waals surface area contributed by atoms with Gasteiger partial charge in [-0.15, -0.1) is 0 Å². The number of hydrogen-bond donors (Lipinski definition) is 0. The fourth-order valence-electron chi connectivity index (χ4n) is 3.72. The van der Waals surface area contributed by atoms with Crippen LogP contribution in [0.25, 0.3) is 33.4 Å². The van der Waals surface area contributed by atoms with Crippen LogP contribution in [0.3, 0.4) is 0 Å². The third-order valence-electron chi connectivity index (χ3n) is 5.28. The van der Waals surface area contributed by atoms with Gasteiger partial charge in [0, 0.05) is 50.3 Å². The number of ketones is 1. The lowest BCUT2D eigenvalue weighted by Gasteiger charge is -2.11. The molecule has 32 heavy (non-hydrogen) atoms. The van der Waals surface area contributed by atoms with Gasteiger partial charge in [-0.2, -0.15) is 5.10 Å². The van der Waals surface area contributed by atoms with Gasteiger partial charge in [0.1, 0.15) is 17.3 Å². The third kappa shape index (κ3) is 4.01. The van der Waals surface area contributed by atoms with Crippen LogP contribution in [0.1, 0.15) is 22.8 Å². The molecule has 0 unspecified atom stereocenters. The summed E-state index contributed by atoms with van der Waals surface area (Å²) in [5.41, 5.74) is 4.44. The number of nitrogens with zero attached hydrogens (tertiary/aromatic N) is 4. The second kappa shape index (κ2) is 8.34. The molecule has 0 bridgehead atoms. The highest BCUT2D eigenvalue weighted by molar-refractivity contribution is 5.95. The van der Waals surface area contributed by atoms with E-state index in [1.165, 1.54) is 17.9 Å². The molecule has 7 heteroatoms. The number of Topliss-reactive ketones (excluding diaryl/α,β-unsaturated/α-hetero) is 1. The highest BCUT2D eigenvalue weighted by atomic mass is 19.1. The van der Waals surface area contributed by atoms with E-state index in [2.05, 4.69) is 10.1 Å². The maximum atomic E-state index is 14.9. The molecule has 0 fully saturated rings. The molecule has 162 valence electrons. The maximum absolute atomic E-state index is 14.9. The number of amides is 1. The second-order valence-electron chi connectivity index (χ2n) is 8.04. The quantitative estimate of drug-likeness (QED) is 0.474. The monoisotopic (exact) mass is 430 g/mol. The van der Waals surface area contributed by atoms with E-state index in [-0.39, 0.29) is 18.1 Å². The zero-order valence-corrected chi connectivity index (χ0v) is 18.4. The summed E-state index contributed by atoms with van der Waals surface area (Å²) in [6, 6.07) is 13.9. The number of benzene rings is 2. The molecule has 0 spiro atoms. The van der Waals surface area contributed by atoms with Crippen LogP contribution < -0.4 is 0 Å². The summed E-state index contributed by atoms with van der Waals surface area (Å²) in [5.74, 6) is -0.448. The maximum Gasteiger partial charge on any atom is 0.253 e. The van der Waals surface area contributed by atoms with Gasteiger partial charge in [0.05, 0.1) is 0 Å². The number of pyridine rings is 1. The molecule has 0 saturated carbocycles. The van der Waals surface area contributed by atoms with Crippen LogP contribution in [0.2, 0.25) is 0 Å². The van der Waals surface area contributed by atoms with Gasteiger partial charge in [-0.1, -0.05) is 18.2 Å². The first-order valence-electron chi connectivity index (χ1n) is 10.2. The van der Waals surface area contributed by atoms with E-state index in [1.54, 1.807) is 56.3 Å². The lowest BCUT2D eigenvalue weighted by Crippen LogP contribution is -2.21. The van der Waals surface area contributed by atoms with Crippen molar-refractivity contribution in [3.05, 3.63) is 71.7 Å². The topological polar surface area (TPSA) is 68.1 Å². The molecular weight excluding hydrogens is 407 g/mol. The first-order chi connectivity index (χ1) is 15.2. The first kappa shape index (κ1) is 21.4. The van der Waals surface area contributed by atoms with Gasteiger partial charge in [-0.25, -0.2) is 14.1 Å². The molecule has 1 amide bonds. The molecular formula is C25H23FN4O2. The number of rotatable bonds is 5. The van der Waals surface area contributed by atoms with Crippen molar-refractivity contribution < 1.29 is 14.0 Å². The van der Waals surface area contributed by atoms with Gasteiger partial charge in [0.15, 0.2) is 5.65 Å². The van der Waals surface area contributed by atoms with Crippen molar-refractivity contribution in [1.29, 1.82) is 0 Å². The summed E-state index contributed by atoms with van der Waals surface area (Å²) in [6.07, 6.45) is 1.91. The fraction of sp³-hybridized carbons (Fsp3) is 0.200. The van der Waals surface area contributed by atoms with Gasteiger partial charge < -0.3 is 4.90 Å². The number of aryl methyl sites for hydroxylation is 1. The molecule has 4 aromatic rings. The van der Waals surface area contributed by atoms with Crippen LogP contribution in [-0.4, -0.2) is 45.5 Å². The Balaban J connectivity index is 1.79. The standard InChI is InChI=1S/C25H23FN4O2/c1-15(31)11-16-12-21-23(28-30(4)24(21)27-14-16)20-13-19(9-10-22(20)26)17-5-7-18(8-6-17)25(32)29(2)3/h5-10,12-14H,11H2,1-4H3. The van der Waals surface area contributed by atoms with E-state index in [0.29, 0.717) is 27.9 Å². The number of aromatic nitrogens is 3. The SMILES string of the molecule is CC(=O)Cc1cnc2c(c1)c(-c1cc(-c3ccc(C(=O)N(C)C)cc3)ccc1F)nn2C. The highest BCUT2D eigenvalue weighted by Gasteiger charge is 2.17. The molecule has 2 aromatic carbocycles. The van der Waals surface area contributed by atoms with Crippen molar-refractivity contribution in [3.63, 3.8) is 0 Å². The summed E-state index contributed by atoms with van der Waals surface area (Å²) in [7, 11) is 5.17. The minimum absolute atomic E-state index is 0.0287.